The van der Waals surface area contributed by atoms with Crippen molar-refractivity contribution >= 4 is 20.4 Å². The molecule has 3 aromatic rings. The molecule has 1 aromatic heterocycles. The van der Waals surface area contributed by atoms with Crippen molar-refractivity contribution in [2.24, 2.45) is 4.99 Å². The normalized spacial score (nSPS) is 11.5. The molecule has 0 saturated heterocycles. The first-order chi connectivity index (χ1) is 11.7. The second-order valence-corrected chi connectivity index (χ2v) is 7.89. The van der Waals surface area contributed by atoms with Crippen LogP contribution in [0.5, 0.6) is 5.75 Å². The van der Waals surface area contributed by atoms with Crippen LogP contribution in [0.3, 0.4) is 0 Å². The zero-order valence-corrected chi connectivity index (χ0v) is 14.9. The van der Waals surface area contributed by atoms with Gasteiger partial charge in [0.2, 0.25) is 9.04 Å². The van der Waals surface area contributed by atoms with Crippen molar-refractivity contribution in [3.05, 3.63) is 84.4 Å². The minimum absolute atomic E-state index is 0.785. The number of para-hydroxylation sites is 2. The summed E-state index contributed by atoms with van der Waals surface area (Å²) >= 11 is 0. The lowest BCUT2D eigenvalue weighted by atomic mass is 10.1. The molecule has 0 aliphatic carbocycles. The summed E-state index contributed by atoms with van der Waals surface area (Å²) in [6.45, 7) is 4.28. The largest absolute Gasteiger partial charge is 0.546 e. The van der Waals surface area contributed by atoms with Crippen LogP contribution < -0.4 is 4.43 Å². The van der Waals surface area contributed by atoms with Crippen molar-refractivity contribution in [3.8, 4) is 5.75 Å². The van der Waals surface area contributed by atoms with E-state index in [1.165, 1.54) is 6.33 Å². The van der Waals surface area contributed by atoms with Gasteiger partial charge in [-0.3, -0.25) is 0 Å². The Kier molecular flexibility index (Phi) is 5.13. The van der Waals surface area contributed by atoms with Crippen molar-refractivity contribution in [1.82, 2.24) is 9.97 Å². The second kappa shape index (κ2) is 7.65. The maximum Gasteiger partial charge on any atom is 0.229 e. The molecule has 0 bridgehead atoms. The minimum Gasteiger partial charge on any atom is -0.546 e. The zero-order chi connectivity index (χ0) is 16.8. The summed E-state index contributed by atoms with van der Waals surface area (Å²) in [6.07, 6.45) is 3.27. The molecular weight excluding hydrogens is 314 g/mol. The Balaban J connectivity index is 2.12. The highest BCUT2D eigenvalue weighted by Gasteiger charge is 2.11. The molecule has 0 amide bonds. The van der Waals surface area contributed by atoms with Gasteiger partial charge in [0.1, 0.15) is 17.8 Å². The molecule has 24 heavy (non-hydrogen) atoms. The average Bonchev–Trinajstić information content (AvgIpc) is 2.62. The molecule has 0 atom stereocenters. The first kappa shape index (κ1) is 16.1. The standard InChI is InChI=1S/C19H19N3OSi/c1-24(2)23-18-11-7-6-10-16(18)22-19(15-8-4-3-5-9-15)17-12-13-20-14-21-17/h3-14,24H,1-2H3. The average molecular weight is 333 g/mol. The summed E-state index contributed by atoms with van der Waals surface area (Å²) in [5, 5.41) is 0. The third-order valence-electron chi connectivity index (χ3n) is 3.33. The van der Waals surface area contributed by atoms with E-state index in [9.17, 15) is 0 Å². The number of aromatic nitrogens is 2. The third kappa shape index (κ3) is 3.94. The monoisotopic (exact) mass is 333 g/mol. The molecule has 5 heteroatoms. The van der Waals surface area contributed by atoms with E-state index in [1.54, 1.807) is 6.20 Å². The molecule has 1 heterocycles. The maximum absolute atomic E-state index is 6.02. The molecule has 4 nitrogen and oxygen atoms in total. The van der Waals surface area contributed by atoms with E-state index in [1.807, 2.05) is 60.7 Å². The van der Waals surface area contributed by atoms with E-state index in [2.05, 4.69) is 23.1 Å². The Labute approximate surface area is 143 Å². The summed E-state index contributed by atoms with van der Waals surface area (Å²) in [7, 11) is -1.21. The van der Waals surface area contributed by atoms with Gasteiger partial charge in [-0.05, 0) is 31.3 Å². The molecule has 3 rings (SSSR count). The van der Waals surface area contributed by atoms with Gasteiger partial charge in [0, 0.05) is 11.8 Å². The summed E-state index contributed by atoms with van der Waals surface area (Å²) < 4.78 is 6.02. The van der Waals surface area contributed by atoms with Crippen LogP contribution in [0.25, 0.3) is 0 Å². The van der Waals surface area contributed by atoms with E-state index in [0.29, 0.717) is 0 Å². The van der Waals surface area contributed by atoms with Gasteiger partial charge >= 0.3 is 0 Å². The fourth-order valence-corrected chi connectivity index (χ4v) is 3.03. The first-order valence-corrected chi connectivity index (χ1v) is 10.7. The van der Waals surface area contributed by atoms with Crippen LogP contribution in [-0.4, -0.2) is 24.7 Å². The summed E-state index contributed by atoms with van der Waals surface area (Å²) in [5.41, 5.74) is 3.41. The minimum atomic E-state index is -1.21. The molecule has 0 radical (unpaired) electrons. The number of benzene rings is 2. The lowest BCUT2D eigenvalue weighted by molar-refractivity contribution is 0.582. The fourth-order valence-electron chi connectivity index (χ4n) is 2.32. The van der Waals surface area contributed by atoms with Crippen LogP contribution >= 0.6 is 0 Å². The maximum atomic E-state index is 6.02. The SMILES string of the molecule is C[SiH](C)Oc1ccccc1N=C(c1ccccc1)c1ccncn1. The van der Waals surface area contributed by atoms with Crippen molar-refractivity contribution in [1.29, 1.82) is 0 Å². The van der Waals surface area contributed by atoms with Crippen LogP contribution in [0.1, 0.15) is 11.3 Å². The highest BCUT2D eigenvalue weighted by molar-refractivity contribution is 6.49. The zero-order valence-electron chi connectivity index (χ0n) is 13.8. The highest BCUT2D eigenvalue weighted by atomic mass is 28.3. The molecule has 120 valence electrons. The smallest absolute Gasteiger partial charge is 0.229 e. The van der Waals surface area contributed by atoms with Gasteiger partial charge in [0.15, 0.2) is 0 Å². The highest BCUT2D eigenvalue weighted by Crippen LogP contribution is 2.29. The molecule has 2 aromatic carbocycles. The topological polar surface area (TPSA) is 47.4 Å². The van der Waals surface area contributed by atoms with Gasteiger partial charge in [-0.15, -0.1) is 0 Å². The fraction of sp³-hybridized carbons (Fsp3) is 0.105. The van der Waals surface area contributed by atoms with Crippen molar-refractivity contribution in [3.63, 3.8) is 0 Å². The number of hydrogen-bond donors (Lipinski definition) is 0. The molecule has 0 saturated carbocycles. The lowest BCUT2D eigenvalue weighted by Gasteiger charge is -2.13. The Morgan fingerprint density at radius 1 is 0.958 bits per heavy atom. The van der Waals surface area contributed by atoms with Gasteiger partial charge in [-0.2, -0.15) is 0 Å². The Morgan fingerprint density at radius 2 is 1.71 bits per heavy atom. The van der Waals surface area contributed by atoms with Crippen LogP contribution in [0.2, 0.25) is 13.1 Å². The van der Waals surface area contributed by atoms with E-state index < -0.39 is 9.04 Å². The van der Waals surface area contributed by atoms with Gasteiger partial charge < -0.3 is 4.43 Å². The number of nitrogens with zero attached hydrogens (tertiary/aromatic N) is 3. The van der Waals surface area contributed by atoms with E-state index in [4.69, 9.17) is 9.42 Å². The predicted molar refractivity (Wildman–Crippen MR) is 99.7 cm³/mol. The molecule has 0 fully saturated rings. The third-order valence-corrected chi connectivity index (χ3v) is 4.06. The summed E-state index contributed by atoms with van der Waals surface area (Å²) in [4.78, 5) is 13.2. The van der Waals surface area contributed by atoms with Crippen LogP contribution in [-0.2, 0) is 0 Å². The number of hydrogen-bond acceptors (Lipinski definition) is 4. The lowest BCUT2D eigenvalue weighted by Crippen LogP contribution is -2.11. The second-order valence-electron chi connectivity index (χ2n) is 5.56. The first-order valence-electron chi connectivity index (χ1n) is 7.90. The number of aliphatic imine (C=N–C) groups is 1. The Hall–Kier alpha value is -2.79. The van der Waals surface area contributed by atoms with Gasteiger partial charge in [-0.1, -0.05) is 42.5 Å². The van der Waals surface area contributed by atoms with Crippen molar-refractivity contribution in [2.75, 3.05) is 0 Å². The van der Waals surface area contributed by atoms with Crippen molar-refractivity contribution in [2.45, 2.75) is 13.1 Å². The molecular formula is C19H19N3OSi. The summed E-state index contributed by atoms with van der Waals surface area (Å²) in [6, 6.07) is 19.8. The molecule has 0 N–H and O–H groups in total. The Morgan fingerprint density at radius 3 is 2.42 bits per heavy atom. The van der Waals surface area contributed by atoms with Gasteiger partial charge in [0.25, 0.3) is 0 Å². The molecule has 0 aliphatic rings. The molecule has 0 spiro atoms. The van der Waals surface area contributed by atoms with Crippen LogP contribution in [0, 0.1) is 0 Å². The molecule has 0 aliphatic heterocycles. The summed E-state index contributed by atoms with van der Waals surface area (Å²) in [5.74, 6) is 0.821. The predicted octanol–water partition coefficient (Wildman–Crippen LogP) is 4.01. The van der Waals surface area contributed by atoms with E-state index in [0.717, 1.165) is 28.4 Å². The van der Waals surface area contributed by atoms with Crippen molar-refractivity contribution < 1.29 is 4.43 Å². The quantitative estimate of drug-likeness (QED) is 0.523. The Bertz CT molecular complexity index is 779. The molecule has 0 unspecified atom stereocenters. The van der Waals surface area contributed by atoms with E-state index in [-0.39, 0.29) is 0 Å². The van der Waals surface area contributed by atoms with Crippen LogP contribution in [0.15, 0.2) is 78.2 Å². The van der Waals surface area contributed by atoms with Gasteiger partial charge in [-0.25, -0.2) is 15.0 Å². The number of rotatable bonds is 5. The van der Waals surface area contributed by atoms with Gasteiger partial charge in [0.05, 0.1) is 11.4 Å². The van der Waals surface area contributed by atoms with E-state index >= 15 is 0 Å². The van der Waals surface area contributed by atoms with Crippen LogP contribution in [0.4, 0.5) is 5.69 Å².